The fourth-order valence-corrected chi connectivity index (χ4v) is 1.67. The lowest BCUT2D eigenvalue weighted by Crippen LogP contribution is -2.65. The molecule has 7 nitrogen and oxygen atoms in total. The molecule has 3 amide bonds. The van der Waals surface area contributed by atoms with Gasteiger partial charge in [-0.3, -0.25) is 0 Å². The third kappa shape index (κ3) is 2.01. The molecular weight excluding hydrogens is 272 g/mol. The Kier molecular flexibility index (Phi) is 3.00. The lowest BCUT2D eigenvalue weighted by Gasteiger charge is -2.30. The highest BCUT2D eigenvalue weighted by Crippen LogP contribution is 2.32. The summed E-state index contributed by atoms with van der Waals surface area (Å²) >= 11 is 0. The third-order valence-electron chi connectivity index (χ3n) is 2.93. The van der Waals surface area contributed by atoms with E-state index >= 15 is 0 Å². The van der Waals surface area contributed by atoms with E-state index < -0.39 is 34.4 Å². The predicted molar refractivity (Wildman–Crippen MR) is 62.4 cm³/mol. The number of amides is 3. The highest BCUT2D eigenvalue weighted by atomic mass is 19.1. The number of nitrogens with zero attached hydrogens (tertiary/aromatic N) is 4. The van der Waals surface area contributed by atoms with Crippen LogP contribution in [0, 0.1) is 11.3 Å². The summed E-state index contributed by atoms with van der Waals surface area (Å²) in [5.74, 6) is 3.60. The zero-order chi connectivity index (χ0) is 15.1. The van der Waals surface area contributed by atoms with Crippen molar-refractivity contribution in [1.29, 1.82) is 5.26 Å². The number of nitrogens with two attached hydrogens (primary N) is 1. The lowest BCUT2D eigenvalue weighted by atomic mass is 9.97. The number of hydrogen-bond donors (Lipinski definition) is 1. The van der Waals surface area contributed by atoms with Gasteiger partial charge in [-0.15, -0.1) is 9.60 Å². The summed E-state index contributed by atoms with van der Waals surface area (Å²) in [4.78, 5) is 23.4. The van der Waals surface area contributed by atoms with Crippen molar-refractivity contribution in [1.82, 2.24) is 5.01 Å². The van der Waals surface area contributed by atoms with Gasteiger partial charge in [-0.25, -0.2) is 18.4 Å². The van der Waals surface area contributed by atoms with Crippen molar-refractivity contribution in [2.24, 2.45) is 10.9 Å². The quantitative estimate of drug-likeness (QED) is 0.433. The van der Waals surface area contributed by atoms with Crippen molar-refractivity contribution in [2.75, 3.05) is 7.05 Å². The predicted octanol–water partition coefficient (Wildman–Crippen LogP) is 0.628. The van der Waals surface area contributed by atoms with Crippen LogP contribution in [-0.4, -0.2) is 40.5 Å². The van der Waals surface area contributed by atoms with E-state index in [-0.39, 0.29) is 5.70 Å². The maximum absolute atomic E-state index is 13.8. The minimum absolute atomic E-state index is 0.350. The highest BCUT2D eigenvalue weighted by molar-refractivity contribution is 6.25. The first-order valence-electron chi connectivity index (χ1n) is 5.48. The van der Waals surface area contributed by atoms with Gasteiger partial charge in [0.2, 0.25) is 5.67 Å². The van der Waals surface area contributed by atoms with E-state index in [1.54, 1.807) is 0 Å². The van der Waals surface area contributed by atoms with Gasteiger partial charge in [0, 0.05) is 12.5 Å². The van der Waals surface area contributed by atoms with Crippen LogP contribution in [0.5, 0.6) is 0 Å². The van der Waals surface area contributed by atoms with Crippen LogP contribution in [0.2, 0.25) is 0 Å². The summed E-state index contributed by atoms with van der Waals surface area (Å²) in [6, 6.07) is 0.326. The van der Waals surface area contributed by atoms with Gasteiger partial charge < -0.3 is 0 Å². The molecule has 2 atom stereocenters. The Bertz CT molecular complexity index is 631. The second kappa shape index (κ2) is 4.29. The number of nitriles is 1. The smallest absolute Gasteiger partial charge is 0.222 e. The van der Waals surface area contributed by atoms with Gasteiger partial charge in [-0.2, -0.15) is 16.2 Å². The summed E-state index contributed by atoms with van der Waals surface area (Å²) in [6.45, 7) is 0. The first-order valence-corrected chi connectivity index (χ1v) is 5.48. The molecule has 2 rings (SSSR count). The third-order valence-corrected chi connectivity index (χ3v) is 2.93. The monoisotopic (exact) mass is 282 g/mol. The first kappa shape index (κ1) is 14.0. The standard InChI is InChI=1S/C11H10F2N5O2/c1-18(15)9(19)5-16-17(10(18)20)8-2-3-11(13,6-14)4-7(8)12/h2,4-5H,3,15H2,1H3/q+1. The number of rotatable bonds is 1. The van der Waals surface area contributed by atoms with Gasteiger partial charge in [0.25, 0.3) is 0 Å². The second-order valence-electron chi connectivity index (χ2n) is 4.51. The molecule has 2 unspecified atom stereocenters. The molecule has 2 N–H and O–H groups in total. The van der Waals surface area contributed by atoms with E-state index in [1.165, 1.54) is 6.07 Å². The summed E-state index contributed by atoms with van der Waals surface area (Å²) in [7, 11) is 1.11. The van der Waals surface area contributed by atoms with Crippen LogP contribution >= 0.6 is 0 Å². The number of hydrogen-bond acceptors (Lipinski definition) is 5. The average Bonchev–Trinajstić information content (AvgIpc) is 2.38. The summed E-state index contributed by atoms with van der Waals surface area (Å²) in [5.41, 5.74) is -2.82. The van der Waals surface area contributed by atoms with Crippen LogP contribution in [-0.2, 0) is 4.79 Å². The Morgan fingerprint density at radius 1 is 1.60 bits per heavy atom. The van der Waals surface area contributed by atoms with Crippen LogP contribution in [0.15, 0.2) is 28.8 Å². The number of urea groups is 1. The van der Waals surface area contributed by atoms with Crippen molar-refractivity contribution >= 4 is 18.2 Å². The van der Waals surface area contributed by atoms with Gasteiger partial charge in [-0.05, 0) is 0 Å². The van der Waals surface area contributed by atoms with Crippen LogP contribution in [0.4, 0.5) is 13.6 Å². The minimum atomic E-state index is -2.47. The van der Waals surface area contributed by atoms with Gasteiger partial charge in [0.1, 0.15) is 24.6 Å². The second-order valence-corrected chi connectivity index (χ2v) is 4.51. The van der Waals surface area contributed by atoms with E-state index in [0.29, 0.717) is 11.1 Å². The number of halogens is 2. The normalized spacial score (nSPS) is 33.6. The number of quaternary nitrogens is 1. The molecule has 1 aliphatic carbocycles. The Hall–Kier alpha value is -2.44. The van der Waals surface area contributed by atoms with Gasteiger partial charge in [0.15, 0.2) is 6.21 Å². The zero-order valence-corrected chi connectivity index (χ0v) is 10.4. The van der Waals surface area contributed by atoms with Gasteiger partial charge >= 0.3 is 11.9 Å². The van der Waals surface area contributed by atoms with Crippen LogP contribution in [0.25, 0.3) is 0 Å². The molecule has 1 heterocycles. The van der Waals surface area contributed by atoms with Crippen molar-refractivity contribution in [3.8, 4) is 6.07 Å². The summed E-state index contributed by atoms with van der Waals surface area (Å²) in [6.07, 6.45) is 1.82. The van der Waals surface area contributed by atoms with E-state index in [1.807, 2.05) is 0 Å². The van der Waals surface area contributed by atoms with Gasteiger partial charge in [0.05, 0.1) is 0 Å². The van der Waals surface area contributed by atoms with E-state index in [2.05, 4.69) is 5.10 Å². The number of alkyl halides is 1. The first-order chi connectivity index (χ1) is 9.21. The number of hydrazone groups is 1. The molecule has 0 saturated carbocycles. The molecular formula is C11H10F2N5O2+. The summed E-state index contributed by atoms with van der Waals surface area (Å²) in [5, 5.41) is 12.7. The largest absolute Gasteiger partial charge is 0.471 e. The SMILES string of the molecule is C[N+]1(N)C(=O)C=NN(C2=CCC(F)(C#N)C=C2F)C1=O. The number of imide groups is 1. The molecule has 20 heavy (non-hydrogen) atoms. The molecule has 9 heteroatoms. The molecule has 0 saturated heterocycles. The Labute approximate surface area is 112 Å². The van der Waals surface area contributed by atoms with Crippen LogP contribution in [0.3, 0.4) is 0 Å². The molecule has 2 aliphatic rings. The number of carbonyl (C=O) groups excluding carboxylic acids is 2. The molecule has 0 fully saturated rings. The summed E-state index contributed by atoms with van der Waals surface area (Å²) < 4.78 is 26.3. The Morgan fingerprint density at radius 2 is 2.25 bits per heavy atom. The fourth-order valence-electron chi connectivity index (χ4n) is 1.67. The average molecular weight is 282 g/mol. The number of carbonyl (C=O) groups is 2. The molecule has 0 spiro atoms. The van der Waals surface area contributed by atoms with Crippen molar-refractivity contribution in [2.45, 2.75) is 12.1 Å². The topological polar surface area (TPSA) is 99.6 Å². The molecule has 104 valence electrons. The zero-order valence-electron chi connectivity index (χ0n) is 10.4. The van der Waals surface area contributed by atoms with Crippen LogP contribution in [0.1, 0.15) is 6.42 Å². The van der Waals surface area contributed by atoms with E-state index in [4.69, 9.17) is 11.1 Å². The van der Waals surface area contributed by atoms with E-state index in [0.717, 1.165) is 19.3 Å². The molecule has 0 aromatic rings. The molecule has 0 radical (unpaired) electrons. The van der Waals surface area contributed by atoms with Crippen LogP contribution < -0.4 is 5.84 Å². The molecule has 0 aromatic heterocycles. The van der Waals surface area contributed by atoms with Crippen molar-refractivity contribution in [3.05, 3.63) is 23.7 Å². The lowest BCUT2D eigenvalue weighted by molar-refractivity contribution is -0.764. The van der Waals surface area contributed by atoms with Gasteiger partial charge in [-0.1, -0.05) is 6.08 Å². The fraction of sp³-hybridized carbons (Fsp3) is 0.273. The maximum Gasteiger partial charge on any atom is 0.471 e. The molecule has 0 aromatic carbocycles. The Morgan fingerprint density at radius 3 is 2.80 bits per heavy atom. The maximum atomic E-state index is 13.8. The highest BCUT2D eigenvalue weighted by Gasteiger charge is 2.47. The Balaban J connectivity index is 2.39. The van der Waals surface area contributed by atoms with E-state index in [9.17, 15) is 18.4 Å². The molecule has 0 bridgehead atoms. The number of allylic oxidation sites excluding steroid dienone is 3. The minimum Gasteiger partial charge on any atom is -0.222 e. The molecule has 1 aliphatic heterocycles. The van der Waals surface area contributed by atoms with Crippen molar-refractivity contribution < 1.29 is 23.0 Å². The van der Waals surface area contributed by atoms with Crippen molar-refractivity contribution in [3.63, 3.8) is 0 Å².